The molecular weight excluding hydrogens is 380 g/mol. The number of aryl methyl sites for hydroxylation is 1. The molecule has 1 aliphatic heterocycles. The van der Waals surface area contributed by atoms with Gasteiger partial charge in [-0.05, 0) is 48.2 Å². The molecular formula is C23H24N4O3. The first kappa shape index (κ1) is 19.9. The Morgan fingerprint density at radius 1 is 1.27 bits per heavy atom. The van der Waals surface area contributed by atoms with Gasteiger partial charge in [0.25, 0.3) is 0 Å². The number of amides is 1. The van der Waals surface area contributed by atoms with Crippen LogP contribution >= 0.6 is 0 Å². The van der Waals surface area contributed by atoms with Gasteiger partial charge in [0.05, 0.1) is 17.6 Å². The number of piperidine rings is 1. The molecule has 1 amide bonds. The fourth-order valence-corrected chi connectivity index (χ4v) is 3.85. The number of nitrogens with zero attached hydrogens (tertiary/aromatic N) is 2. The fourth-order valence-electron chi connectivity index (χ4n) is 3.85. The van der Waals surface area contributed by atoms with Gasteiger partial charge in [-0.2, -0.15) is 5.26 Å². The van der Waals surface area contributed by atoms with E-state index in [0.717, 1.165) is 48.0 Å². The molecule has 2 aromatic carbocycles. The van der Waals surface area contributed by atoms with E-state index in [1.807, 2.05) is 36.4 Å². The van der Waals surface area contributed by atoms with Crippen LogP contribution < -0.4 is 16.4 Å². The third kappa shape index (κ3) is 4.14. The summed E-state index contributed by atoms with van der Waals surface area (Å²) in [6.07, 6.45) is 3.37. The molecule has 7 heteroatoms. The molecule has 0 saturated carbocycles. The van der Waals surface area contributed by atoms with Crippen LogP contribution in [0.5, 0.6) is 0 Å². The van der Waals surface area contributed by atoms with Crippen molar-refractivity contribution in [1.82, 2.24) is 15.2 Å². The van der Waals surface area contributed by atoms with E-state index in [2.05, 4.69) is 16.7 Å². The Bertz CT molecular complexity index is 1150. The predicted octanol–water partition coefficient (Wildman–Crippen LogP) is 2.49. The molecule has 0 spiro atoms. The number of carbonyl (C=O) groups excluding carboxylic acids is 1. The standard InChI is InChI=1S/C23H24N4O3/c1-27-20-13-17(9-10-21(20)30-23(27)29)16-7-5-15(6-8-16)12-18(14-24)26-22(28)19-4-2-3-11-25-19/h5-10,13,18-19,25H,2-4,11-12H2,1H3,(H,26,28). The first-order valence-electron chi connectivity index (χ1n) is 10.2. The van der Waals surface area contributed by atoms with Gasteiger partial charge in [0.2, 0.25) is 5.91 Å². The number of fused-ring (bicyclic) bond motifs is 1. The lowest BCUT2D eigenvalue weighted by Crippen LogP contribution is -2.49. The molecule has 2 heterocycles. The third-order valence-corrected chi connectivity index (χ3v) is 5.62. The SMILES string of the molecule is Cn1c(=O)oc2ccc(-c3ccc(CC(C#N)NC(=O)C4CCCCN4)cc3)cc21. The van der Waals surface area contributed by atoms with E-state index >= 15 is 0 Å². The Kier molecular flexibility index (Phi) is 5.68. The van der Waals surface area contributed by atoms with Gasteiger partial charge in [-0.1, -0.05) is 36.8 Å². The Morgan fingerprint density at radius 3 is 2.73 bits per heavy atom. The molecule has 1 fully saturated rings. The number of oxazole rings is 1. The number of nitriles is 1. The number of benzene rings is 2. The first-order chi connectivity index (χ1) is 14.5. The zero-order chi connectivity index (χ0) is 21.1. The summed E-state index contributed by atoms with van der Waals surface area (Å²) in [7, 11) is 1.68. The molecule has 2 N–H and O–H groups in total. The molecule has 154 valence electrons. The van der Waals surface area contributed by atoms with Gasteiger partial charge in [-0.15, -0.1) is 0 Å². The number of hydrogen-bond donors (Lipinski definition) is 2. The van der Waals surface area contributed by atoms with Crippen molar-refractivity contribution < 1.29 is 9.21 Å². The molecule has 1 saturated heterocycles. The number of rotatable bonds is 5. The smallest absolute Gasteiger partial charge is 0.408 e. The van der Waals surface area contributed by atoms with E-state index in [9.17, 15) is 14.9 Å². The molecule has 0 aliphatic carbocycles. The second-order valence-electron chi connectivity index (χ2n) is 7.70. The highest BCUT2D eigenvalue weighted by molar-refractivity contribution is 5.82. The van der Waals surface area contributed by atoms with Gasteiger partial charge in [-0.3, -0.25) is 9.36 Å². The van der Waals surface area contributed by atoms with E-state index in [-0.39, 0.29) is 17.7 Å². The average molecular weight is 404 g/mol. The van der Waals surface area contributed by atoms with E-state index in [1.54, 1.807) is 13.1 Å². The van der Waals surface area contributed by atoms with Crippen LogP contribution in [-0.2, 0) is 18.3 Å². The van der Waals surface area contributed by atoms with Crippen LogP contribution in [0.1, 0.15) is 24.8 Å². The molecule has 1 aliphatic rings. The van der Waals surface area contributed by atoms with Gasteiger partial charge >= 0.3 is 5.76 Å². The highest BCUT2D eigenvalue weighted by Gasteiger charge is 2.23. The minimum atomic E-state index is -0.566. The minimum Gasteiger partial charge on any atom is -0.408 e. The van der Waals surface area contributed by atoms with E-state index in [1.165, 1.54) is 4.57 Å². The number of aromatic nitrogens is 1. The highest BCUT2D eigenvalue weighted by Crippen LogP contribution is 2.24. The second kappa shape index (κ2) is 8.56. The summed E-state index contributed by atoms with van der Waals surface area (Å²) in [6.45, 7) is 0.843. The third-order valence-electron chi connectivity index (χ3n) is 5.62. The normalized spacial score (nSPS) is 17.4. The van der Waals surface area contributed by atoms with Crippen LogP contribution in [-0.4, -0.2) is 29.1 Å². The number of nitrogens with one attached hydrogen (secondary N) is 2. The van der Waals surface area contributed by atoms with Gasteiger partial charge in [0, 0.05) is 13.5 Å². The van der Waals surface area contributed by atoms with E-state index in [4.69, 9.17) is 4.42 Å². The Balaban J connectivity index is 1.45. The summed E-state index contributed by atoms with van der Waals surface area (Å²) in [5.41, 5.74) is 4.24. The predicted molar refractivity (Wildman–Crippen MR) is 114 cm³/mol. The summed E-state index contributed by atoms with van der Waals surface area (Å²) < 4.78 is 6.66. The van der Waals surface area contributed by atoms with Crippen molar-refractivity contribution in [2.45, 2.75) is 37.8 Å². The lowest BCUT2D eigenvalue weighted by molar-refractivity contribution is -0.124. The van der Waals surface area contributed by atoms with Gasteiger partial charge in [-0.25, -0.2) is 4.79 Å². The van der Waals surface area contributed by atoms with Crippen molar-refractivity contribution in [3.05, 3.63) is 58.6 Å². The lowest BCUT2D eigenvalue weighted by Gasteiger charge is -2.23. The minimum absolute atomic E-state index is 0.100. The monoisotopic (exact) mass is 404 g/mol. The number of carbonyl (C=O) groups is 1. The zero-order valence-corrected chi connectivity index (χ0v) is 16.9. The van der Waals surface area contributed by atoms with Crippen LogP contribution in [0, 0.1) is 11.3 Å². The van der Waals surface area contributed by atoms with E-state index < -0.39 is 6.04 Å². The summed E-state index contributed by atoms with van der Waals surface area (Å²) in [5.74, 6) is -0.484. The largest absolute Gasteiger partial charge is 0.419 e. The molecule has 3 aromatic rings. The van der Waals surface area contributed by atoms with Crippen LogP contribution in [0.4, 0.5) is 0 Å². The summed E-state index contributed by atoms with van der Waals surface area (Å²) >= 11 is 0. The maximum atomic E-state index is 12.4. The molecule has 0 bridgehead atoms. The molecule has 30 heavy (non-hydrogen) atoms. The zero-order valence-electron chi connectivity index (χ0n) is 16.9. The average Bonchev–Trinajstić information content (AvgIpc) is 3.07. The quantitative estimate of drug-likeness (QED) is 0.681. The van der Waals surface area contributed by atoms with Gasteiger partial charge < -0.3 is 15.1 Å². The lowest BCUT2D eigenvalue weighted by atomic mass is 10.00. The van der Waals surface area contributed by atoms with Crippen LogP contribution in [0.2, 0.25) is 0 Å². The fraction of sp³-hybridized carbons (Fsp3) is 0.348. The van der Waals surface area contributed by atoms with Crippen molar-refractivity contribution in [3.8, 4) is 17.2 Å². The van der Waals surface area contributed by atoms with Gasteiger partial charge in [0.1, 0.15) is 6.04 Å². The highest BCUT2D eigenvalue weighted by atomic mass is 16.4. The van der Waals surface area contributed by atoms with Crippen LogP contribution in [0.3, 0.4) is 0 Å². The topological polar surface area (TPSA) is 100 Å². The van der Waals surface area contributed by atoms with Gasteiger partial charge in [0.15, 0.2) is 5.58 Å². The molecule has 4 rings (SSSR count). The summed E-state index contributed by atoms with van der Waals surface area (Å²) in [4.78, 5) is 24.1. The maximum Gasteiger partial charge on any atom is 0.419 e. The molecule has 2 atom stereocenters. The first-order valence-corrected chi connectivity index (χ1v) is 10.2. The maximum absolute atomic E-state index is 12.4. The Morgan fingerprint density at radius 2 is 2.03 bits per heavy atom. The van der Waals surface area contributed by atoms with Crippen LogP contribution in [0.25, 0.3) is 22.2 Å². The second-order valence-corrected chi connectivity index (χ2v) is 7.70. The van der Waals surface area contributed by atoms with E-state index in [0.29, 0.717) is 12.0 Å². The molecule has 2 unspecified atom stereocenters. The summed E-state index contributed by atoms with van der Waals surface area (Å²) in [6, 6.07) is 14.9. The molecule has 7 nitrogen and oxygen atoms in total. The molecule has 0 radical (unpaired) electrons. The van der Waals surface area contributed by atoms with Crippen molar-refractivity contribution in [2.75, 3.05) is 6.54 Å². The number of hydrogen-bond acceptors (Lipinski definition) is 5. The van der Waals surface area contributed by atoms with Crippen molar-refractivity contribution >= 4 is 17.0 Å². The molecule has 1 aromatic heterocycles. The van der Waals surface area contributed by atoms with Crippen molar-refractivity contribution in [1.29, 1.82) is 5.26 Å². The van der Waals surface area contributed by atoms with Crippen molar-refractivity contribution in [2.24, 2.45) is 7.05 Å². The van der Waals surface area contributed by atoms with Crippen LogP contribution in [0.15, 0.2) is 51.7 Å². The Hall–Kier alpha value is -3.37. The summed E-state index contributed by atoms with van der Waals surface area (Å²) in [5, 5.41) is 15.5. The van der Waals surface area contributed by atoms with Crippen molar-refractivity contribution in [3.63, 3.8) is 0 Å². The Labute approximate surface area is 174 Å².